The first-order valence-corrected chi connectivity index (χ1v) is 12.4. The van der Waals surface area contributed by atoms with Crippen LogP contribution in [0.5, 0.6) is 0 Å². The number of alkyl halides is 6. The zero-order valence-electron chi connectivity index (χ0n) is 20.2. The molecule has 0 saturated carbocycles. The number of carbonyl (C=O) groups excluding carboxylic acids is 1. The van der Waals surface area contributed by atoms with E-state index in [0.717, 1.165) is 43.8 Å². The van der Waals surface area contributed by atoms with Crippen LogP contribution in [-0.4, -0.2) is 47.7 Å². The number of carboxylic acid groups (broad SMARTS) is 1. The third-order valence-electron chi connectivity index (χ3n) is 5.83. The highest BCUT2D eigenvalue weighted by Gasteiger charge is 2.38. The molecule has 5 nitrogen and oxygen atoms in total. The smallest absolute Gasteiger partial charge is 0.475 e. The number of amides is 1. The van der Waals surface area contributed by atoms with Crippen LogP contribution in [-0.2, 0) is 17.5 Å². The second kappa shape index (κ2) is 12.6. The molecule has 1 amide bonds. The molecular weight excluding hydrogens is 553 g/mol. The summed E-state index contributed by atoms with van der Waals surface area (Å²) in [4.78, 5) is 24.2. The molecule has 0 bridgehead atoms. The number of likely N-dealkylation sites (tertiary alicyclic amines) is 1. The van der Waals surface area contributed by atoms with Gasteiger partial charge in [-0.25, -0.2) is 9.18 Å². The number of hydrogen-bond donors (Lipinski definition) is 2. The maximum Gasteiger partial charge on any atom is 0.490 e. The van der Waals surface area contributed by atoms with Crippen molar-refractivity contribution in [2.45, 2.75) is 25.3 Å². The maximum atomic E-state index is 13.0. The fraction of sp³-hybridized carbons (Fsp3) is 0.308. The number of hydrogen-bond acceptors (Lipinski definition) is 4. The Morgan fingerprint density at radius 3 is 2.28 bits per heavy atom. The minimum Gasteiger partial charge on any atom is -0.475 e. The van der Waals surface area contributed by atoms with E-state index in [1.807, 2.05) is 0 Å². The molecule has 2 N–H and O–H groups in total. The van der Waals surface area contributed by atoms with Crippen LogP contribution < -0.4 is 5.32 Å². The normalized spacial score (nSPS) is 15.9. The molecule has 4 rings (SSSR count). The molecule has 1 aliphatic heterocycles. The van der Waals surface area contributed by atoms with Gasteiger partial charge < -0.3 is 10.4 Å². The Morgan fingerprint density at radius 2 is 1.67 bits per heavy atom. The van der Waals surface area contributed by atoms with Crippen molar-refractivity contribution < 1.29 is 45.4 Å². The summed E-state index contributed by atoms with van der Waals surface area (Å²) in [5, 5.41) is 11.8. The van der Waals surface area contributed by atoms with Gasteiger partial charge in [0.25, 0.3) is 5.91 Å². The number of aliphatic carboxylic acids is 1. The van der Waals surface area contributed by atoms with Crippen molar-refractivity contribution in [3.05, 3.63) is 81.8 Å². The molecule has 1 saturated heterocycles. The highest BCUT2D eigenvalue weighted by Crippen LogP contribution is 2.33. The molecule has 1 aromatic heterocycles. The summed E-state index contributed by atoms with van der Waals surface area (Å²) in [6, 6.07) is 13.2. The molecule has 210 valence electrons. The molecule has 1 atom stereocenters. The molecular formula is C26H23F7N2O3S. The Morgan fingerprint density at radius 1 is 1.00 bits per heavy atom. The van der Waals surface area contributed by atoms with Gasteiger partial charge in [-0.05, 0) is 71.3 Å². The Labute approximate surface area is 222 Å². The lowest BCUT2D eigenvalue weighted by Gasteiger charge is -2.16. The van der Waals surface area contributed by atoms with Crippen molar-refractivity contribution >= 4 is 23.2 Å². The number of carboxylic acids is 1. The van der Waals surface area contributed by atoms with Gasteiger partial charge in [-0.2, -0.15) is 26.3 Å². The zero-order valence-corrected chi connectivity index (χ0v) is 21.0. The van der Waals surface area contributed by atoms with E-state index in [1.54, 1.807) is 29.6 Å². The van der Waals surface area contributed by atoms with Crippen molar-refractivity contribution in [3.8, 4) is 11.1 Å². The van der Waals surface area contributed by atoms with Crippen LogP contribution >= 0.6 is 11.3 Å². The molecule has 1 unspecified atom stereocenters. The van der Waals surface area contributed by atoms with Gasteiger partial charge in [0, 0.05) is 19.6 Å². The molecule has 0 radical (unpaired) electrons. The van der Waals surface area contributed by atoms with E-state index in [-0.39, 0.29) is 11.7 Å². The molecule has 0 aliphatic carbocycles. The average Bonchev–Trinajstić information content (AvgIpc) is 3.53. The number of halogens is 7. The third-order valence-corrected chi connectivity index (χ3v) is 6.76. The quantitative estimate of drug-likeness (QED) is 0.331. The van der Waals surface area contributed by atoms with Crippen molar-refractivity contribution in [1.82, 2.24) is 10.2 Å². The van der Waals surface area contributed by atoms with Crippen LogP contribution in [0.3, 0.4) is 0 Å². The lowest BCUT2D eigenvalue weighted by Crippen LogP contribution is -2.30. The maximum absolute atomic E-state index is 13.0. The van der Waals surface area contributed by atoms with Crippen molar-refractivity contribution in [2.24, 2.45) is 5.92 Å². The molecule has 2 aromatic carbocycles. The molecule has 39 heavy (non-hydrogen) atoms. The van der Waals surface area contributed by atoms with E-state index in [2.05, 4.69) is 10.2 Å². The van der Waals surface area contributed by atoms with E-state index in [1.165, 1.54) is 29.5 Å². The number of thiophene rings is 1. The summed E-state index contributed by atoms with van der Waals surface area (Å²) in [5.41, 5.74) is 1.37. The van der Waals surface area contributed by atoms with Gasteiger partial charge in [-0.15, -0.1) is 11.3 Å². The summed E-state index contributed by atoms with van der Waals surface area (Å²) in [6.45, 7) is 3.04. The number of benzene rings is 2. The first-order valence-electron chi connectivity index (χ1n) is 11.5. The fourth-order valence-electron chi connectivity index (χ4n) is 3.88. The Hall–Kier alpha value is -3.45. The number of carbonyl (C=O) groups is 2. The second-order valence-corrected chi connectivity index (χ2v) is 9.72. The van der Waals surface area contributed by atoms with E-state index in [0.29, 0.717) is 28.5 Å². The predicted molar refractivity (Wildman–Crippen MR) is 131 cm³/mol. The highest BCUT2D eigenvalue weighted by molar-refractivity contribution is 7.12. The van der Waals surface area contributed by atoms with Crippen LogP contribution in [0.4, 0.5) is 30.7 Å². The standard InChI is InChI=1S/C24H22F4N2OS.C2HF3O2/c25-21-6-4-16(5-7-21)13-30-9-8-17(14-30)12-29-23(31)22-11-19(15-32-22)18-2-1-3-20(10-18)24(26,27)28;3-2(4,5)1(6)7/h1-7,10-11,15,17H,8-9,12-14H2,(H,29,31);(H,6,7). The van der Waals surface area contributed by atoms with Gasteiger partial charge in [-0.3, -0.25) is 9.69 Å². The van der Waals surface area contributed by atoms with E-state index in [4.69, 9.17) is 9.90 Å². The SMILES string of the molecule is O=C(NCC1CCN(Cc2ccc(F)cc2)C1)c1cc(-c2cccc(C(F)(F)F)c2)cs1.O=C(O)C(F)(F)F. The average molecular weight is 577 g/mol. The number of rotatable bonds is 6. The van der Waals surface area contributed by atoms with Gasteiger partial charge in [0.1, 0.15) is 5.82 Å². The molecule has 1 aliphatic rings. The van der Waals surface area contributed by atoms with Gasteiger partial charge in [0.15, 0.2) is 0 Å². The van der Waals surface area contributed by atoms with Gasteiger partial charge in [0.05, 0.1) is 10.4 Å². The van der Waals surface area contributed by atoms with Crippen LogP contribution in [0.1, 0.15) is 27.2 Å². The number of nitrogens with one attached hydrogen (secondary N) is 1. The number of nitrogens with zero attached hydrogens (tertiary/aromatic N) is 1. The topological polar surface area (TPSA) is 69.6 Å². The van der Waals surface area contributed by atoms with E-state index in [9.17, 15) is 35.5 Å². The summed E-state index contributed by atoms with van der Waals surface area (Å²) in [5.74, 6) is -2.90. The van der Waals surface area contributed by atoms with E-state index >= 15 is 0 Å². The monoisotopic (exact) mass is 576 g/mol. The Kier molecular flexibility index (Phi) is 9.73. The molecule has 0 spiro atoms. The van der Waals surface area contributed by atoms with Crippen molar-refractivity contribution in [2.75, 3.05) is 19.6 Å². The molecule has 2 heterocycles. The summed E-state index contributed by atoms with van der Waals surface area (Å²) >= 11 is 1.22. The molecule has 3 aromatic rings. The minimum atomic E-state index is -5.08. The van der Waals surface area contributed by atoms with Crippen LogP contribution in [0, 0.1) is 11.7 Å². The Bertz CT molecular complexity index is 1270. The van der Waals surface area contributed by atoms with Crippen molar-refractivity contribution in [3.63, 3.8) is 0 Å². The largest absolute Gasteiger partial charge is 0.490 e. The highest BCUT2D eigenvalue weighted by atomic mass is 32.1. The first-order chi connectivity index (χ1) is 18.2. The second-order valence-electron chi connectivity index (χ2n) is 8.81. The molecule has 13 heteroatoms. The first kappa shape index (κ1) is 30.1. The van der Waals surface area contributed by atoms with Crippen LogP contribution in [0.15, 0.2) is 60.0 Å². The van der Waals surface area contributed by atoms with Crippen molar-refractivity contribution in [1.29, 1.82) is 0 Å². The third kappa shape index (κ3) is 9.06. The summed E-state index contributed by atoms with van der Waals surface area (Å²) < 4.78 is 83.6. The van der Waals surface area contributed by atoms with Crippen LogP contribution in [0.25, 0.3) is 11.1 Å². The van der Waals surface area contributed by atoms with E-state index < -0.39 is 23.9 Å². The summed E-state index contributed by atoms with van der Waals surface area (Å²) in [6.07, 6.45) is -8.53. The van der Waals surface area contributed by atoms with Gasteiger partial charge in [-0.1, -0.05) is 24.3 Å². The minimum absolute atomic E-state index is 0.217. The fourth-order valence-corrected chi connectivity index (χ4v) is 4.71. The molecule has 1 fully saturated rings. The van der Waals surface area contributed by atoms with Gasteiger partial charge in [0.2, 0.25) is 0 Å². The predicted octanol–water partition coefficient (Wildman–Crippen LogP) is 6.46. The Balaban J connectivity index is 0.000000532. The lowest BCUT2D eigenvalue weighted by atomic mass is 10.1. The van der Waals surface area contributed by atoms with Crippen LogP contribution in [0.2, 0.25) is 0 Å². The van der Waals surface area contributed by atoms with Gasteiger partial charge >= 0.3 is 18.3 Å². The lowest BCUT2D eigenvalue weighted by molar-refractivity contribution is -0.192. The zero-order chi connectivity index (χ0) is 28.8. The summed E-state index contributed by atoms with van der Waals surface area (Å²) in [7, 11) is 0.